The Kier molecular flexibility index (Phi) is 45.1. The number of hydrogen-bond donors (Lipinski definition) is 5. The van der Waals surface area contributed by atoms with Crippen LogP contribution in [0.2, 0.25) is 0 Å². The second-order valence-corrected chi connectivity index (χ2v) is 6.55. The van der Waals surface area contributed by atoms with E-state index in [0.29, 0.717) is 0 Å². The molecule has 0 rings (SSSR count). The van der Waals surface area contributed by atoms with Crippen LogP contribution in [0.25, 0.3) is 0 Å². The molecule has 0 fully saturated rings. The third-order valence-electron chi connectivity index (χ3n) is 2.06. The number of hydrogen-bond acceptors (Lipinski definition) is 19. The largest absolute Gasteiger partial charge is 2.00 e. The normalized spacial score (nSPS) is 12.5. The first kappa shape index (κ1) is 58.8. The maximum absolute atomic E-state index is 10.3. The molecule has 196 valence electrons. The van der Waals surface area contributed by atoms with E-state index in [1.165, 1.54) is 0 Å². The monoisotopic (exact) mass is 690 g/mol. The van der Waals surface area contributed by atoms with E-state index in [9.17, 15) is 39.3 Å². The van der Waals surface area contributed by atoms with Gasteiger partial charge in [-0.2, -0.15) is 7.82 Å². The van der Waals surface area contributed by atoms with Crippen molar-refractivity contribution < 1.29 is 102 Å². The van der Waals surface area contributed by atoms with E-state index in [-0.39, 0.29) is 151 Å². The zero-order valence-electron chi connectivity index (χ0n) is 18.0. The molecular formula is C10H11Ca4O21PS. The molecule has 0 saturated heterocycles. The SMILES string of the molecule is O=C([O-])C(O)C(O)C(=O)[O-].O=C([O-])CC(O)(CC(=O)O)C(=O)O.O=P([O-])([O-])[O-].O=S(=O)([O-])[O-].[Ca+2].[Ca+2].[Ca+2].[Ca+2]. The molecule has 0 spiro atoms. The van der Waals surface area contributed by atoms with Crippen molar-refractivity contribution in [1.82, 2.24) is 0 Å². The van der Waals surface area contributed by atoms with Crippen LogP contribution < -0.4 is 30.0 Å². The van der Waals surface area contributed by atoms with Gasteiger partial charge < -0.3 is 83.6 Å². The molecule has 0 aromatic rings. The van der Waals surface area contributed by atoms with Crippen molar-refractivity contribution in [2.75, 3.05) is 0 Å². The summed E-state index contributed by atoms with van der Waals surface area (Å²) < 4.78 is 42.6. The minimum atomic E-state index is -5.39. The summed E-state index contributed by atoms with van der Waals surface area (Å²) in [5.41, 5.74) is -2.80. The summed E-state index contributed by atoms with van der Waals surface area (Å²) in [5.74, 6) is -9.45. The molecule has 0 amide bonds. The summed E-state index contributed by atoms with van der Waals surface area (Å²) in [6.07, 6.45) is -7.32. The van der Waals surface area contributed by atoms with Crippen LogP contribution in [0.15, 0.2) is 0 Å². The van der Waals surface area contributed by atoms with Crippen LogP contribution in [0.4, 0.5) is 0 Å². The van der Waals surface area contributed by atoms with E-state index in [2.05, 4.69) is 0 Å². The first-order valence-electron chi connectivity index (χ1n) is 6.79. The van der Waals surface area contributed by atoms with Gasteiger partial charge in [-0.15, -0.1) is 0 Å². The maximum atomic E-state index is 10.3. The average Bonchev–Trinajstić information content (AvgIpc) is 2.48. The number of aliphatic hydroxyl groups excluding tert-OH is 2. The molecule has 0 aliphatic heterocycles. The van der Waals surface area contributed by atoms with Crippen molar-refractivity contribution in [3.05, 3.63) is 0 Å². The zero-order chi connectivity index (χ0) is 28.0. The van der Waals surface area contributed by atoms with Gasteiger partial charge in [0.1, 0.15) is 12.2 Å². The van der Waals surface area contributed by atoms with Crippen molar-refractivity contribution in [2.24, 2.45) is 0 Å². The summed E-state index contributed by atoms with van der Waals surface area (Å²) in [6, 6.07) is 0. The van der Waals surface area contributed by atoms with Gasteiger partial charge in [0.2, 0.25) is 0 Å². The number of carbonyl (C=O) groups is 5. The molecular weight excluding hydrogens is 679 g/mol. The Morgan fingerprint density at radius 3 is 1.08 bits per heavy atom. The Balaban J connectivity index is -0.0000000524. The number of carbonyl (C=O) groups excluding carboxylic acids is 3. The van der Waals surface area contributed by atoms with Gasteiger partial charge in [0, 0.05) is 22.8 Å². The van der Waals surface area contributed by atoms with Crippen LogP contribution in [0.1, 0.15) is 12.8 Å². The third kappa shape index (κ3) is 54.9. The van der Waals surface area contributed by atoms with Crippen LogP contribution >= 0.6 is 7.82 Å². The van der Waals surface area contributed by atoms with Crippen molar-refractivity contribution in [2.45, 2.75) is 30.7 Å². The van der Waals surface area contributed by atoms with Gasteiger partial charge in [-0.25, -0.2) is 4.79 Å². The fourth-order valence-electron chi connectivity index (χ4n) is 0.960. The third-order valence-corrected chi connectivity index (χ3v) is 2.06. The molecule has 0 radical (unpaired) electrons. The van der Waals surface area contributed by atoms with Crippen molar-refractivity contribution in [3.63, 3.8) is 0 Å². The molecule has 21 nitrogen and oxygen atoms in total. The zero-order valence-corrected chi connectivity index (χ0v) is 28.6. The van der Waals surface area contributed by atoms with Gasteiger partial charge in [0.05, 0.1) is 18.4 Å². The molecule has 27 heteroatoms. The Labute approximate surface area is 325 Å². The molecule has 5 N–H and O–H groups in total. The topological polar surface area (TPSA) is 422 Å². The quantitative estimate of drug-likeness (QED) is 0.0682. The predicted octanol–water partition coefficient (Wildman–Crippen LogP) is -13.1. The number of carboxylic acids is 5. The molecule has 0 aliphatic rings. The van der Waals surface area contributed by atoms with Gasteiger partial charge >= 0.3 is 163 Å². The van der Waals surface area contributed by atoms with Crippen molar-refractivity contribution in [1.29, 1.82) is 0 Å². The summed E-state index contributed by atoms with van der Waals surface area (Å²) in [5, 5.41) is 71.2. The molecule has 3 unspecified atom stereocenters. The van der Waals surface area contributed by atoms with Crippen molar-refractivity contribution >= 4 is 199 Å². The summed E-state index contributed by atoms with van der Waals surface area (Å²) in [6.45, 7) is 0. The molecule has 0 aromatic carbocycles. The number of carboxylic acid groups (broad SMARTS) is 5. The van der Waals surface area contributed by atoms with E-state index in [4.69, 9.17) is 62.3 Å². The van der Waals surface area contributed by atoms with Crippen molar-refractivity contribution in [3.8, 4) is 0 Å². The molecule has 0 saturated carbocycles. The number of aliphatic carboxylic acids is 5. The second-order valence-electron chi connectivity index (χ2n) is 4.84. The standard InChI is InChI=1S/C6H8O7.C4H6O6.4Ca.H3O4P.H2O4S/c7-3(8)1-6(13,5(11)12)2-4(9)10;5-1(3(7)8)2(6)4(9)10;;;;;2*1-5(2,3)4/h13H,1-2H2,(H,7,8)(H,9,10)(H,11,12);1-2,5-6H,(H,7,8)(H,9,10);;;;;(H3,1,2,3,4);(H2,1,2,3,4)/q;;4*+2;;/p-8. The van der Waals surface area contributed by atoms with Gasteiger partial charge in [-0.3, -0.25) is 13.2 Å². The number of rotatable bonds is 8. The summed E-state index contributed by atoms with van der Waals surface area (Å²) >= 11 is 0. The van der Waals surface area contributed by atoms with Crippen LogP contribution in [0, 0.1) is 0 Å². The smallest absolute Gasteiger partial charge is 0.822 e. The van der Waals surface area contributed by atoms with E-state index in [1.807, 2.05) is 0 Å². The van der Waals surface area contributed by atoms with Crippen LogP contribution in [-0.4, -0.2) is 242 Å². The first-order valence-corrected chi connectivity index (χ1v) is 9.59. The summed E-state index contributed by atoms with van der Waals surface area (Å²) in [4.78, 5) is 75.2. The van der Waals surface area contributed by atoms with E-state index >= 15 is 0 Å². The molecule has 0 aromatic heterocycles. The van der Waals surface area contributed by atoms with Gasteiger partial charge in [0.25, 0.3) is 0 Å². The van der Waals surface area contributed by atoms with Crippen LogP contribution in [0.3, 0.4) is 0 Å². The Bertz CT molecular complexity index is 792. The summed E-state index contributed by atoms with van der Waals surface area (Å²) in [7, 11) is -10.6. The van der Waals surface area contributed by atoms with Gasteiger partial charge in [-0.1, -0.05) is 0 Å². The Morgan fingerprint density at radius 1 is 0.757 bits per heavy atom. The maximum Gasteiger partial charge on any atom is 2.00 e. The van der Waals surface area contributed by atoms with E-state index in [1.54, 1.807) is 0 Å². The minimum Gasteiger partial charge on any atom is -0.822 e. The molecule has 0 heterocycles. The fraction of sp³-hybridized carbons (Fsp3) is 0.500. The van der Waals surface area contributed by atoms with E-state index < -0.39 is 78.7 Å². The molecule has 37 heavy (non-hydrogen) atoms. The van der Waals surface area contributed by atoms with Gasteiger partial charge in [-0.05, 0) is 0 Å². The van der Waals surface area contributed by atoms with Crippen LogP contribution in [-0.2, 0) is 38.9 Å². The Morgan fingerprint density at radius 2 is 0.973 bits per heavy atom. The second kappa shape index (κ2) is 28.4. The van der Waals surface area contributed by atoms with Crippen LogP contribution in [0.5, 0.6) is 0 Å². The fourth-order valence-corrected chi connectivity index (χ4v) is 0.960. The van der Waals surface area contributed by atoms with Gasteiger partial charge in [0.15, 0.2) is 5.60 Å². The average molecular weight is 691 g/mol. The minimum absolute atomic E-state index is 0. The number of aliphatic hydroxyl groups is 3. The number of phosphoric acid groups is 1. The molecule has 0 aliphatic carbocycles. The Hall–Kier alpha value is 2.25. The molecule has 0 bridgehead atoms. The predicted molar refractivity (Wildman–Crippen MR) is 97.6 cm³/mol. The van der Waals surface area contributed by atoms with E-state index in [0.717, 1.165) is 0 Å². The molecule has 3 atom stereocenters. The first-order chi connectivity index (χ1) is 14.2.